The molecule has 4 heterocycles. The van der Waals surface area contributed by atoms with E-state index in [1.165, 1.54) is 5.56 Å². The van der Waals surface area contributed by atoms with Crippen molar-refractivity contribution in [3.63, 3.8) is 0 Å². The molecular weight excluding hydrogens is 488 g/mol. The van der Waals surface area contributed by atoms with Gasteiger partial charge >= 0.3 is 0 Å². The number of rotatable bonds is 4. The van der Waals surface area contributed by atoms with Gasteiger partial charge in [0.1, 0.15) is 18.6 Å². The minimum Gasteiger partial charge on any atom is -0.459 e. The number of fused-ring (bicyclic) bond motifs is 1. The highest BCUT2D eigenvalue weighted by molar-refractivity contribution is 6.36. The fourth-order valence-electron chi connectivity index (χ4n) is 5.93. The van der Waals surface area contributed by atoms with Crippen molar-refractivity contribution in [3.8, 4) is 6.07 Å². The van der Waals surface area contributed by atoms with Crippen LogP contribution in [0.3, 0.4) is 0 Å². The maximum atomic E-state index is 13.1. The van der Waals surface area contributed by atoms with Crippen molar-refractivity contribution in [2.75, 3.05) is 31.1 Å². The third-order valence-electron chi connectivity index (χ3n) is 8.04. The maximum absolute atomic E-state index is 13.1. The Kier molecular flexibility index (Phi) is 6.43. The first-order valence-electron chi connectivity index (χ1n) is 12.9. The zero-order chi connectivity index (χ0) is 25.4. The average molecular weight is 517 g/mol. The van der Waals surface area contributed by atoms with Gasteiger partial charge in [-0.3, -0.25) is 4.79 Å². The molecule has 2 saturated heterocycles. The number of piperidine rings is 2. The quantitative estimate of drug-likeness (QED) is 0.476. The van der Waals surface area contributed by atoms with Crippen molar-refractivity contribution >= 4 is 34.1 Å². The summed E-state index contributed by atoms with van der Waals surface area (Å²) in [5, 5.41) is 10.8. The number of benzene rings is 2. The molecule has 8 heteroatoms. The number of aromatic amines is 1. The first-order chi connectivity index (χ1) is 18.1. The van der Waals surface area contributed by atoms with E-state index in [-0.39, 0.29) is 12.2 Å². The lowest BCUT2D eigenvalue weighted by Gasteiger charge is -2.34. The highest BCUT2D eigenvalue weighted by Gasteiger charge is 2.32. The topological polar surface area (TPSA) is 81.6 Å². The molecule has 7 nitrogen and oxygen atoms in total. The highest BCUT2D eigenvalue weighted by atomic mass is 35.5. The molecule has 0 spiro atoms. The summed E-state index contributed by atoms with van der Waals surface area (Å²) in [5.41, 5.74) is 4.62. The number of H-pyrrole nitrogens is 1. The Morgan fingerprint density at radius 2 is 1.68 bits per heavy atom. The lowest BCUT2D eigenvalue weighted by molar-refractivity contribution is -0.0804. The summed E-state index contributed by atoms with van der Waals surface area (Å²) in [6.07, 6.45) is 8.53. The molecule has 0 bridgehead atoms. The summed E-state index contributed by atoms with van der Waals surface area (Å²) in [6.45, 7) is 3.28. The van der Waals surface area contributed by atoms with Gasteiger partial charge in [0, 0.05) is 49.2 Å². The lowest BCUT2D eigenvalue weighted by Crippen LogP contribution is -2.41. The Morgan fingerprint density at radius 1 is 0.973 bits per heavy atom. The van der Waals surface area contributed by atoms with Crippen LogP contribution in [0.2, 0.25) is 5.02 Å². The van der Waals surface area contributed by atoms with Gasteiger partial charge in [0.05, 0.1) is 21.8 Å². The molecule has 0 atom stereocenters. The van der Waals surface area contributed by atoms with Crippen LogP contribution in [-0.4, -0.2) is 48.3 Å². The molecule has 1 aromatic heterocycles. The third-order valence-corrected chi connectivity index (χ3v) is 8.36. The Morgan fingerprint density at radius 3 is 2.35 bits per heavy atom. The number of likely N-dealkylation sites (tertiary alicyclic amines) is 1. The molecule has 37 heavy (non-hydrogen) atoms. The SMILES string of the molecule is N#Cc1c[nH]c2c(N3CCC(c4ccc(C(=O)N5CCC(C6OC=CO6)CC5)cc4)CC3)ccc(Cl)c12. The van der Waals surface area contributed by atoms with E-state index in [9.17, 15) is 10.1 Å². The fourth-order valence-corrected chi connectivity index (χ4v) is 6.19. The van der Waals surface area contributed by atoms with E-state index >= 15 is 0 Å². The van der Waals surface area contributed by atoms with Crippen LogP contribution >= 0.6 is 11.6 Å². The average Bonchev–Trinajstić information content (AvgIpc) is 3.65. The minimum atomic E-state index is -0.202. The monoisotopic (exact) mass is 516 g/mol. The van der Waals surface area contributed by atoms with Crippen LogP contribution in [0.5, 0.6) is 0 Å². The zero-order valence-electron chi connectivity index (χ0n) is 20.5. The predicted octanol–water partition coefficient (Wildman–Crippen LogP) is 5.77. The second-order valence-corrected chi connectivity index (χ2v) is 10.5. The van der Waals surface area contributed by atoms with Crippen molar-refractivity contribution in [2.24, 2.45) is 5.92 Å². The summed E-state index contributed by atoms with van der Waals surface area (Å²) in [5.74, 6) is 0.875. The molecule has 0 saturated carbocycles. The van der Waals surface area contributed by atoms with E-state index in [1.54, 1.807) is 18.7 Å². The summed E-state index contributed by atoms with van der Waals surface area (Å²) in [6, 6.07) is 14.3. The van der Waals surface area contributed by atoms with E-state index in [1.807, 2.05) is 29.2 Å². The smallest absolute Gasteiger partial charge is 0.253 e. The summed E-state index contributed by atoms with van der Waals surface area (Å²) in [7, 11) is 0. The van der Waals surface area contributed by atoms with E-state index in [0.717, 1.165) is 74.0 Å². The largest absolute Gasteiger partial charge is 0.459 e. The normalized spacial score (nSPS) is 19.1. The van der Waals surface area contributed by atoms with Crippen LogP contribution in [0.25, 0.3) is 10.9 Å². The zero-order valence-corrected chi connectivity index (χ0v) is 21.3. The first-order valence-corrected chi connectivity index (χ1v) is 13.3. The lowest BCUT2D eigenvalue weighted by atomic mass is 9.88. The van der Waals surface area contributed by atoms with Gasteiger partial charge < -0.3 is 24.3 Å². The predicted molar refractivity (Wildman–Crippen MR) is 142 cm³/mol. The second-order valence-electron chi connectivity index (χ2n) is 10.1. The van der Waals surface area contributed by atoms with Crippen molar-refractivity contribution in [1.29, 1.82) is 5.26 Å². The number of hydrogen-bond donors (Lipinski definition) is 1. The van der Waals surface area contributed by atoms with E-state index in [4.69, 9.17) is 21.1 Å². The van der Waals surface area contributed by atoms with Crippen LogP contribution in [-0.2, 0) is 9.47 Å². The summed E-state index contributed by atoms with van der Waals surface area (Å²) in [4.78, 5) is 20.6. The van der Waals surface area contributed by atoms with Gasteiger partial charge in [-0.2, -0.15) is 5.26 Å². The molecule has 0 unspecified atom stereocenters. The number of hydrogen-bond acceptors (Lipinski definition) is 5. The molecule has 0 radical (unpaired) electrons. The molecule has 6 rings (SSSR count). The van der Waals surface area contributed by atoms with Gasteiger partial charge in [-0.05, 0) is 61.4 Å². The molecule has 3 aliphatic rings. The Hall–Kier alpha value is -3.63. The van der Waals surface area contributed by atoms with E-state index in [0.29, 0.717) is 22.4 Å². The van der Waals surface area contributed by atoms with Crippen molar-refractivity contribution in [3.05, 3.63) is 76.8 Å². The second kappa shape index (κ2) is 10.0. The molecule has 2 aromatic carbocycles. The molecular formula is C29H29ClN4O3. The van der Waals surface area contributed by atoms with Crippen LogP contribution in [0.1, 0.15) is 53.1 Å². The molecule has 1 N–H and O–H groups in total. The number of nitrogens with one attached hydrogen (secondary N) is 1. The Balaban J connectivity index is 1.06. The third kappa shape index (κ3) is 4.51. The fraction of sp³-hybridized carbons (Fsp3) is 0.379. The number of nitriles is 1. The van der Waals surface area contributed by atoms with E-state index in [2.05, 4.69) is 28.1 Å². The van der Waals surface area contributed by atoms with Crippen LogP contribution in [0.4, 0.5) is 5.69 Å². The van der Waals surface area contributed by atoms with Crippen molar-refractivity contribution < 1.29 is 14.3 Å². The number of amides is 1. The maximum Gasteiger partial charge on any atom is 0.253 e. The van der Waals surface area contributed by atoms with Gasteiger partial charge in [-0.25, -0.2) is 0 Å². The van der Waals surface area contributed by atoms with Crippen LogP contribution < -0.4 is 4.90 Å². The van der Waals surface area contributed by atoms with Gasteiger partial charge in [0.2, 0.25) is 6.29 Å². The number of ether oxygens (including phenoxy) is 2. The van der Waals surface area contributed by atoms with Crippen LogP contribution in [0, 0.1) is 17.2 Å². The first kappa shape index (κ1) is 23.7. The molecule has 190 valence electrons. The number of halogens is 1. The molecule has 0 aliphatic carbocycles. The van der Waals surface area contributed by atoms with Gasteiger partial charge in [0.15, 0.2) is 0 Å². The number of anilines is 1. The van der Waals surface area contributed by atoms with Gasteiger partial charge in [-0.15, -0.1) is 0 Å². The van der Waals surface area contributed by atoms with E-state index < -0.39 is 0 Å². The standard InChI is InChI=1S/C29H29ClN4O3/c30-24-5-6-25(27-26(24)23(17-31)18-32-27)33-11-7-20(8-12-33)19-1-3-21(4-2-19)28(35)34-13-9-22(10-14-34)29-36-15-16-37-29/h1-6,15-16,18,20,22,29,32H,7-14H2. The highest BCUT2D eigenvalue weighted by Crippen LogP contribution is 2.37. The number of nitrogens with zero attached hydrogens (tertiary/aromatic N) is 3. The minimum absolute atomic E-state index is 0.0978. The molecule has 1 amide bonds. The van der Waals surface area contributed by atoms with Crippen molar-refractivity contribution in [1.82, 2.24) is 9.88 Å². The number of carbonyl (C=O) groups excluding carboxylic acids is 1. The van der Waals surface area contributed by atoms with Crippen molar-refractivity contribution in [2.45, 2.75) is 37.9 Å². The Bertz CT molecular complexity index is 1350. The Labute approximate surface area is 221 Å². The molecule has 3 aliphatic heterocycles. The molecule has 3 aromatic rings. The molecule has 2 fully saturated rings. The van der Waals surface area contributed by atoms with Crippen LogP contribution in [0.15, 0.2) is 55.1 Å². The summed E-state index contributed by atoms with van der Waals surface area (Å²) < 4.78 is 11.0. The number of aromatic nitrogens is 1. The van der Waals surface area contributed by atoms with Gasteiger partial charge in [-0.1, -0.05) is 23.7 Å². The summed E-state index contributed by atoms with van der Waals surface area (Å²) >= 11 is 6.39. The number of carbonyl (C=O) groups is 1. The van der Waals surface area contributed by atoms with Gasteiger partial charge in [0.25, 0.3) is 5.91 Å².